The first kappa shape index (κ1) is 13.7. The van der Waals surface area contributed by atoms with E-state index in [1.54, 1.807) is 24.3 Å². The molecule has 0 aromatic heterocycles. The molecule has 2 nitrogen and oxygen atoms in total. The van der Waals surface area contributed by atoms with Crippen LogP contribution in [0.4, 0.5) is 13.2 Å². The van der Waals surface area contributed by atoms with E-state index in [4.69, 9.17) is 4.74 Å². The maximum absolute atomic E-state index is 13.0. The van der Waals surface area contributed by atoms with Crippen LogP contribution in [0, 0.1) is 0 Å². The first-order chi connectivity index (χ1) is 9.98. The average molecular weight is 292 g/mol. The summed E-state index contributed by atoms with van der Waals surface area (Å²) < 4.78 is 44.4. The number of rotatable bonds is 2. The van der Waals surface area contributed by atoms with Crippen LogP contribution in [-0.2, 0) is 6.18 Å². The van der Waals surface area contributed by atoms with E-state index >= 15 is 0 Å². The number of hydrogen-bond donors (Lipinski definition) is 0. The minimum atomic E-state index is -4.55. The van der Waals surface area contributed by atoms with Crippen LogP contribution in [0.15, 0.2) is 48.5 Å². The third kappa shape index (κ3) is 2.39. The number of carbonyl (C=O) groups excluding carboxylic acids is 1. The number of ether oxygens (including phenoxy) is 1. The molecule has 0 radical (unpaired) electrons. The lowest BCUT2D eigenvalue weighted by Gasteiger charge is -2.14. The molecule has 1 aliphatic heterocycles. The monoisotopic (exact) mass is 292 g/mol. The normalized spacial score (nSPS) is 17.2. The van der Waals surface area contributed by atoms with Gasteiger partial charge in [0.25, 0.3) is 0 Å². The molecule has 1 heterocycles. The number of halogens is 3. The number of carbonyl (C=O) groups is 1. The average Bonchev–Trinajstić information content (AvgIpc) is 2.89. The van der Waals surface area contributed by atoms with Crippen LogP contribution in [0.25, 0.3) is 0 Å². The van der Waals surface area contributed by atoms with Crippen molar-refractivity contribution in [1.29, 1.82) is 0 Å². The van der Waals surface area contributed by atoms with Crippen molar-refractivity contribution in [3.8, 4) is 5.75 Å². The summed E-state index contributed by atoms with van der Waals surface area (Å²) in [5.41, 5.74) is -0.575. The fourth-order valence-electron chi connectivity index (χ4n) is 2.51. The van der Waals surface area contributed by atoms with E-state index in [0.717, 1.165) is 6.07 Å². The number of alkyl halides is 3. The second kappa shape index (κ2) is 4.91. The van der Waals surface area contributed by atoms with Gasteiger partial charge in [0.05, 0.1) is 11.5 Å². The highest BCUT2D eigenvalue weighted by Gasteiger charge is 2.38. The van der Waals surface area contributed by atoms with Crippen LogP contribution in [0.1, 0.15) is 27.4 Å². The summed E-state index contributed by atoms with van der Waals surface area (Å²) in [6, 6.07) is 11.8. The number of ketones is 1. The molecule has 108 valence electrons. The summed E-state index contributed by atoms with van der Waals surface area (Å²) in [5, 5.41) is 0. The van der Waals surface area contributed by atoms with E-state index in [-0.39, 0.29) is 12.2 Å². The zero-order valence-corrected chi connectivity index (χ0v) is 10.9. The van der Waals surface area contributed by atoms with Crippen molar-refractivity contribution in [1.82, 2.24) is 0 Å². The van der Waals surface area contributed by atoms with E-state index < -0.39 is 23.4 Å². The second-order valence-corrected chi connectivity index (χ2v) is 4.81. The quantitative estimate of drug-likeness (QED) is 0.780. The molecule has 1 aliphatic rings. The number of hydrogen-bond acceptors (Lipinski definition) is 2. The molecule has 5 heteroatoms. The molecule has 0 amide bonds. The Morgan fingerprint density at radius 3 is 2.48 bits per heavy atom. The number of Topliss-reactive ketones (excluding diaryl/α,β-unsaturated/α-hetero) is 1. The maximum atomic E-state index is 13.0. The SMILES string of the molecule is O=C(c1ccccc1C(F)(F)F)C1COc2ccccc21. The van der Waals surface area contributed by atoms with Crippen LogP contribution in [-0.4, -0.2) is 12.4 Å². The van der Waals surface area contributed by atoms with E-state index in [0.29, 0.717) is 11.3 Å². The van der Waals surface area contributed by atoms with E-state index in [1.165, 1.54) is 18.2 Å². The molecule has 0 spiro atoms. The Labute approximate surface area is 119 Å². The van der Waals surface area contributed by atoms with E-state index in [9.17, 15) is 18.0 Å². The van der Waals surface area contributed by atoms with Gasteiger partial charge in [-0.25, -0.2) is 0 Å². The predicted molar refractivity (Wildman–Crippen MR) is 70.5 cm³/mol. The third-order valence-corrected chi connectivity index (χ3v) is 3.51. The molecule has 0 fully saturated rings. The van der Waals surface area contributed by atoms with Gasteiger partial charge in [-0.05, 0) is 12.1 Å². The van der Waals surface area contributed by atoms with Crippen molar-refractivity contribution >= 4 is 5.78 Å². The van der Waals surface area contributed by atoms with Crippen molar-refractivity contribution in [2.45, 2.75) is 12.1 Å². The van der Waals surface area contributed by atoms with Crippen LogP contribution >= 0.6 is 0 Å². The standard InChI is InChI=1S/C16H11F3O2/c17-16(18,19)13-7-3-1-6-11(13)15(20)12-9-21-14-8-4-2-5-10(12)14/h1-8,12H,9H2. The van der Waals surface area contributed by atoms with E-state index in [2.05, 4.69) is 0 Å². The van der Waals surface area contributed by atoms with Gasteiger partial charge in [-0.2, -0.15) is 13.2 Å². The molecule has 0 saturated carbocycles. The Morgan fingerprint density at radius 2 is 1.71 bits per heavy atom. The fourth-order valence-corrected chi connectivity index (χ4v) is 2.51. The first-order valence-electron chi connectivity index (χ1n) is 6.40. The van der Waals surface area contributed by atoms with Gasteiger partial charge in [-0.3, -0.25) is 4.79 Å². The Balaban J connectivity index is 2.02. The number of para-hydroxylation sites is 1. The summed E-state index contributed by atoms with van der Waals surface area (Å²) in [6.07, 6.45) is -4.55. The zero-order valence-electron chi connectivity index (χ0n) is 10.9. The second-order valence-electron chi connectivity index (χ2n) is 4.81. The van der Waals surface area contributed by atoms with Crippen LogP contribution in [0.2, 0.25) is 0 Å². The van der Waals surface area contributed by atoms with Crippen LogP contribution < -0.4 is 4.74 Å². The van der Waals surface area contributed by atoms with Crippen molar-refractivity contribution in [2.75, 3.05) is 6.61 Å². The van der Waals surface area contributed by atoms with Gasteiger partial charge in [0.2, 0.25) is 0 Å². The smallest absolute Gasteiger partial charge is 0.417 e. The lowest BCUT2D eigenvalue weighted by Crippen LogP contribution is -2.19. The number of benzene rings is 2. The molecule has 2 aromatic carbocycles. The lowest BCUT2D eigenvalue weighted by molar-refractivity contribution is -0.137. The Morgan fingerprint density at radius 1 is 1.05 bits per heavy atom. The molecule has 0 bridgehead atoms. The van der Waals surface area contributed by atoms with Crippen LogP contribution in [0.5, 0.6) is 5.75 Å². The molecule has 0 N–H and O–H groups in total. The Hall–Kier alpha value is -2.30. The molecular weight excluding hydrogens is 281 g/mol. The largest absolute Gasteiger partial charge is 0.492 e. The summed E-state index contributed by atoms with van der Waals surface area (Å²) in [5.74, 6) is -0.696. The Kier molecular flexibility index (Phi) is 3.20. The molecule has 0 aliphatic carbocycles. The Bertz CT molecular complexity index is 692. The van der Waals surface area contributed by atoms with Gasteiger partial charge in [-0.1, -0.05) is 36.4 Å². The summed E-state index contributed by atoms with van der Waals surface area (Å²) in [6.45, 7) is 0.0738. The molecule has 3 rings (SSSR count). The summed E-state index contributed by atoms with van der Waals surface area (Å²) >= 11 is 0. The molecule has 1 unspecified atom stereocenters. The zero-order chi connectivity index (χ0) is 15.0. The molecule has 2 aromatic rings. The van der Waals surface area contributed by atoms with Gasteiger partial charge < -0.3 is 4.74 Å². The predicted octanol–water partition coefficient (Wildman–Crippen LogP) is 4.06. The van der Waals surface area contributed by atoms with Gasteiger partial charge in [0, 0.05) is 11.1 Å². The first-order valence-corrected chi connectivity index (χ1v) is 6.40. The molecule has 1 atom stereocenters. The lowest BCUT2D eigenvalue weighted by atomic mass is 9.90. The van der Waals surface area contributed by atoms with Crippen molar-refractivity contribution in [2.24, 2.45) is 0 Å². The van der Waals surface area contributed by atoms with Crippen molar-refractivity contribution < 1.29 is 22.7 Å². The van der Waals surface area contributed by atoms with E-state index in [1.807, 2.05) is 0 Å². The van der Waals surface area contributed by atoms with Gasteiger partial charge in [-0.15, -0.1) is 0 Å². The molecule has 21 heavy (non-hydrogen) atoms. The highest BCUT2D eigenvalue weighted by atomic mass is 19.4. The van der Waals surface area contributed by atoms with Crippen LogP contribution in [0.3, 0.4) is 0 Å². The van der Waals surface area contributed by atoms with Gasteiger partial charge in [0.1, 0.15) is 12.4 Å². The minimum absolute atomic E-state index is 0.0738. The topological polar surface area (TPSA) is 26.3 Å². The molecule has 0 saturated heterocycles. The number of fused-ring (bicyclic) bond motifs is 1. The summed E-state index contributed by atoms with van der Waals surface area (Å²) in [7, 11) is 0. The highest BCUT2D eigenvalue weighted by Crippen LogP contribution is 2.38. The third-order valence-electron chi connectivity index (χ3n) is 3.51. The minimum Gasteiger partial charge on any atom is -0.492 e. The van der Waals surface area contributed by atoms with Crippen molar-refractivity contribution in [3.63, 3.8) is 0 Å². The van der Waals surface area contributed by atoms with Gasteiger partial charge >= 0.3 is 6.18 Å². The fraction of sp³-hybridized carbons (Fsp3) is 0.188. The maximum Gasteiger partial charge on any atom is 0.417 e. The van der Waals surface area contributed by atoms with Crippen molar-refractivity contribution in [3.05, 3.63) is 65.2 Å². The summed E-state index contributed by atoms with van der Waals surface area (Å²) in [4.78, 5) is 12.5. The highest BCUT2D eigenvalue weighted by molar-refractivity contribution is 6.03. The van der Waals surface area contributed by atoms with Gasteiger partial charge in [0.15, 0.2) is 5.78 Å². The molecular formula is C16H11F3O2.